The van der Waals surface area contributed by atoms with E-state index in [0.717, 1.165) is 6.54 Å². The van der Waals surface area contributed by atoms with Crippen LogP contribution in [0.3, 0.4) is 0 Å². The Balaban J connectivity index is 2.35. The van der Waals surface area contributed by atoms with Crippen molar-refractivity contribution in [3.8, 4) is 0 Å². The fourth-order valence-corrected chi connectivity index (χ4v) is 4.04. The molecule has 0 saturated carbocycles. The minimum atomic E-state index is 0.698. The van der Waals surface area contributed by atoms with Crippen LogP contribution in [0.15, 0.2) is 22.9 Å². The van der Waals surface area contributed by atoms with Crippen molar-refractivity contribution >= 4 is 43.1 Å². The SMILES string of the molecule is CC(C)Cn1c2ccsc2c2sccc21. The summed E-state index contributed by atoms with van der Waals surface area (Å²) in [7, 11) is 0. The van der Waals surface area contributed by atoms with Gasteiger partial charge in [0.25, 0.3) is 0 Å². The predicted molar refractivity (Wildman–Crippen MR) is 70.0 cm³/mol. The number of aromatic nitrogens is 1. The van der Waals surface area contributed by atoms with Gasteiger partial charge in [-0.1, -0.05) is 13.8 Å². The number of fused-ring (bicyclic) bond motifs is 3. The van der Waals surface area contributed by atoms with Crippen LogP contribution in [-0.4, -0.2) is 4.57 Å². The van der Waals surface area contributed by atoms with Crippen molar-refractivity contribution < 1.29 is 0 Å². The summed E-state index contributed by atoms with van der Waals surface area (Å²) in [6.07, 6.45) is 0. The fraction of sp³-hybridized carbons (Fsp3) is 0.333. The Morgan fingerprint density at radius 3 is 2.07 bits per heavy atom. The highest BCUT2D eigenvalue weighted by atomic mass is 32.1. The van der Waals surface area contributed by atoms with Crippen LogP contribution >= 0.6 is 22.7 Å². The molecule has 1 nitrogen and oxygen atoms in total. The summed E-state index contributed by atoms with van der Waals surface area (Å²) in [4.78, 5) is 0. The van der Waals surface area contributed by atoms with Crippen LogP contribution < -0.4 is 0 Å². The third-order valence-electron chi connectivity index (χ3n) is 2.62. The molecular weight excluding hydrogens is 222 g/mol. The van der Waals surface area contributed by atoms with E-state index < -0.39 is 0 Å². The van der Waals surface area contributed by atoms with Crippen LogP contribution in [0, 0.1) is 5.92 Å². The Labute approximate surface area is 97.0 Å². The maximum atomic E-state index is 2.46. The minimum Gasteiger partial charge on any atom is -0.339 e. The van der Waals surface area contributed by atoms with E-state index in [2.05, 4.69) is 41.3 Å². The summed E-state index contributed by atoms with van der Waals surface area (Å²) in [5.74, 6) is 0.698. The molecule has 0 spiro atoms. The maximum absolute atomic E-state index is 2.46. The Morgan fingerprint density at radius 1 is 1.07 bits per heavy atom. The van der Waals surface area contributed by atoms with Crippen LogP contribution in [0.25, 0.3) is 20.4 Å². The standard InChI is InChI=1S/C12H13NS2/c1-8(2)7-13-9-3-5-14-11(9)12-10(13)4-6-15-12/h3-6,8H,7H2,1-2H3. The van der Waals surface area contributed by atoms with E-state index in [1.807, 2.05) is 22.7 Å². The lowest BCUT2D eigenvalue weighted by Gasteiger charge is -2.08. The zero-order chi connectivity index (χ0) is 10.4. The number of thiophene rings is 2. The van der Waals surface area contributed by atoms with Gasteiger partial charge < -0.3 is 4.57 Å². The third-order valence-corrected chi connectivity index (χ3v) is 4.60. The normalized spacial score (nSPS) is 12.2. The van der Waals surface area contributed by atoms with E-state index >= 15 is 0 Å². The van der Waals surface area contributed by atoms with Crippen LogP contribution in [0.1, 0.15) is 13.8 Å². The van der Waals surface area contributed by atoms with Gasteiger partial charge in [0.05, 0.1) is 20.4 Å². The maximum Gasteiger partial charge on any atom is 0.0700 e. The molecule has 3 aromatic heterocycles. The topological polar surface area (TPSA) is 4.93 Å². The molecule has 0 aromatic carbocycles. The van der Waals surface area contributed by atoms with Crippen molar-refractivity contribution in [2.45, 2.75) is 20.4 Å². The first-order chi connectivity index (χ1) is 7.27. The number of rotatable bonds is 2. The van der Waals surface area contributed by atoms with Crippen LogP contribution in [0.5, 0.6) is 0 Å². The van der Waals surface area contributed by atoms with Crippen molar-refractivity contribution in [1.82, 2.24) is 4.57 Å². The molecule has 3 heterocycles. The predicted octanol–water partition coefficient (Wildman–Crippen LogP) is 4.57. The second-order valence-corrected chi connectivity index (χ2v) is 6.11. The van der Waals surface area contributed by atoms with E-state index in [1.54, 1.807) is 0 Å². The molecule has 0 fully saturated rings. The number of hydrogen-bond donors (Lipinski definition) is 0. The van der Waals surface area contributed by atoms with Gasteiger partial charge in [0.15, 0.2) is 0 Å². The molecule has 0 amide bonds. The molecule has 0 bridgehead atoms. The first-order valence-electron chi connectivity index (χ1n) is 5.20. The average Bonchev–Trinajstić information content (AvgIpc) is 2.83. The lowest BCUT2D eigenvalue weighted by atomic mass is 10.2. The molecule has 0 saturated heterocycles. The van der Waals surface area contributed by atoms with E-state index in [9.17, 15) is 0 Å². The lowest BCUT2D eigenvalue weighted by Crippen LogP contribution is -2.02. The average molecular weight is 235 g/mol. The van der Waals surface area contributed by atoms with Crippen LogP contribution in [0.4, 0.5) is 0 Å². The van der Waals surface area contributed by atoms with E-state index in [-0.39, 0.29) is 0 Å². The lowest BCUT2D eigenvalue weighted by molar-refractivity contribution is 0.546. The third kappa shape index (κ3) is 1.34. The van der Waals surface area contributed by atoms with Gasteiger partial charge in [-0.15, -0.1) is 22.7 Å². The summed E-state index contributed by atoms with van der Waals surface area (Å²) < 4.78 is 5.38. The summed E-state index contributed by atoms with van der Waals surface area (Å²) in [6, 6.07) is 4.49. The second-order valence-electron chi connectivity index (χ2n) is 4.27. The van der Waals surface area contributed by atoms with Crippen LogP contribution in [-0.2, 0) is 6.54 Å². The zero-order valence-electron chi connectivity index (χ0n) is 8.86. The first-order valence-corrected chi connectivity index (χ1v) is 6.96. The highest BCUT2D eigenvalue weighted by Crippen LogP contribution is 2.36. The zero-order valence-corrected chi connectivity index (χ0v) is 10.5. The summed E-state index contributed by atoms with van der Waals surface area (Å²) in [5.41, 5.74) is 2.83. The number of hydrogen-bond acceptors (Lipinski definition) is 2. The van der Waals surface area contributed by atoms with Gasteiger partial charge in [-0.05, 0) is 28.8 Å². The Hall–Kier alpha value is -0.800. The molecule has 3 aromatic rings. The van der Waals surface area contributed by atoms with Gasteiger partial charge in [0, 0.05) is 6.54 Å². The van der Waals surface area contributed by atoms with Crippen molar-refractivity contribution in [2.24, 2.45) is 5.92 Å². The fourth-order valence-electron chi connectivity index (χ4n) is 2.06. The summed E-state index contributed by atoms with van der Waals surface area (Å²) in [6.45, 7) is 5.67. The van der Waals surface area contributed by atoms with Crippen molar-refractivity contribution in [3.63, 3.8) is 0 Å². The molecular formula is C12H13NS2. The van der Waals surface area contributed by atoms with Crippen molar-refractivity contribution in [1.29, 1.82) is 0 Å². The van der Waals surface area contributed by atoms with Gasteiger partial charge in [-0.2, -0.15) is 0 Å². The van der Waals surface area contributed by atoms with Crippen LogP contribution in [0.2, 0.25) is 0 Å². The van der Waals surface area contributed by atoms with E-state index in [1.165, 1.54) is 20.4 Å². The molecule has 0 radical (unpaired) electrons. The number of nitrogens with zero attached hydrogens (tertiary/aromatic N) is 1. The Bertz CT molecular complexity index is 549. The Morgan fingerprint density at radius 2 is 1.60 bits per heavy atom. The second kappa shape index (κ2) is 3.35. The molecule has 0 aliphatic rings. The first kappa shape index (κ1) is 9.43. The molecule has 0 aliphatic heterocycles. The molecule has 0 aliphatic carbocycles. The van der Waals surface area contributed by atoms with E-state index in [0.29, 0.717) is 5.92 Å². The van der Waals surface area contributed by atoms with E-state index in [4.69, 9.17) is 0 Å². The molecule has 0 N–H and O–H groups in total. The molecule has 3 heteroatoms. The van der Waals surface area contributed by atoms with Gasteiger partial charge in [-0.3, -0.25) is 0 Å². The summed E-state index contributed by atoms with van der Waals surface area (Å²) in [5, 5.41) is 4.39. The van der Waals surface area contributed by atoms with Crippen molar-refractivity contribution in [3.05, 3.63) is 22.9 Å². The molecule has 0 unspecified atom stereocenters. The minimum absolute atomic E-state index is 0.698. The largest absolute Gasteiger partial charge is 0.339 e. The Kier molecular flexibility index (Phi) is 2.11. The highest BCUT2D eigenvalue weighted by Gasteiger charge is 2.12. The summed E-state index contributed by atoms with van der Waals surface area (Å²) >= 11 is 3.72. The monoisotopic (exact) mass is 235 g/mol. The van der Waals surface area contributed by atoms with Gasteiger partial charge in [0.1, 0.15) is 0 Å². The molecule has 3 rings (SSSR count). The van der Waals surface area contributed by atoms with Gasteiger partial charge >= 0.3 is 0 Å². The highest BCUT2D eigenvalue weighted by molar-refractivity contribution is 7.25. The molecule has 15 heavy (non-hydrogen) atoms. The quantitative estimate of drug-likeness (QED) is 0.613. The smallest absolute Gasteiger partial charge is 0.0700 e. The van der Waals surface area contributed by atoms with Gasteiger partial charge in [0.2, 0.25) is 0 Å². The molecule has 0 atom stereocenters. The molecule has 78 valence electrons. The van der Waals surface area contributed by atoms with Crippen molar-refractivity contribution in [2.75, 3.05) is 0 Å². The van der Waals surface area contributed by atoms with Gasteiger partial charge in [-0.25, -0.2) is 0 Å².